The fraction of sp³-hybridized carbons (Fsp3) is 0.607. The van der Waals surface area contributed by atoms with Gasteiger partial charge in [-0.2, -0.15) is 0 Å². The number of amides is 2. The zero-order valence-corrected chi connectivity index (χ0v) is 22.4. The van der Waals surface area contributed by atoms with Gasteiger partial charge in [0.05, 0.1) is 30.1 Å². The SMILES string of the molecule is C=CCN(Cn1nnc2ccccc21)C(=O)[C@@H]1N(CCCCCCO)C(=O)[C@H]2[C@H](C(=O)OCC)[C@@H]3CC[C@]12O3. The van der Waals surface area contributed by atoms with Crippen LogP contribution >= 0.6 is 0 Å². The van der Waals surface area contributed by atoms with E-state index in [2.05, 4.69) is 16.9 Å². The van der Waals surface area contributed by atoms with Gasteiger partial charge >= 0.3 is 5.97 Å². The molecule has 1 aromatic carbocycles. The van der Waals surface area contributed by atoms with Crippen LogP contribution in [0.2, 0.25) is 0 Å². The number of hydrogen-bond acceptors (Lipinski definition) is 8. The summed E-state index contributed by atoms with van der Waals surface area (Å²) in [5, 5.41) is 17.6. The van der Waals surface area contributed by atoms with Crippen molar-refractivity contribution in [1.29, 1.82) is 0 Å². The zero-order valence-electron chi connectivity index (χ0n) is 22.4. The number of para-hydroxylation sites is 1. The number of rotatable bonds is 13. The first-order chi connectivity index (χ1) is 19.0. The van der Waals surface area contributed by atoms with Gasteiger partial charge in [0.25, 0.3) is 0 Å². The lowest BCUT2D eigenvalue weighted by molar-refractivity contribution is -0.155. The largest absolute Gasteiger partial charge is 0.466 e. The van der Waals surface area contributed by atoms with Crippen LogP contribution < -0.4 is 0 Å². The molecular weight excluding hydrogens is 502 g/mol. The first kappa shape index (κ1) is 27.3. The van der Waals surface area contributed by atoms with E-state index < -0.39 is 35.6 Å². The van der Waals surface area contributed by atoms with Crippen molar-refractivity contribution >= 4 is 28.8 Å². The number of nitrogens with zero attached hydrogens (tertiary/aromatic N) is 5. The molecule has 2 amide bonds. The van der Waals surface area contributed by atoms with Gasteiger partial charge in [-0.25, -0.2) is 4.68 Å². The maximum atomic E-state index is 14.4. The Balaban J connectivity index is 1.46. The molecule has 11 heteroatoms. The molecule has 210 valence electrons. The molecular formula is C28H37N5O6. The molecule has 5 atom stereocenters. The van der Waals surface area contributed by atoms with Crippen LogP contribution in [0.25, 0.3) is 11.0 Å². The van der Waals surface area contributed by atoms with Crippen molar-refractivity contribution in [3.63, 3.8) is 0 Å². The van der Waals surface area contributed by atoms with Gasteiger partial charge in [0, 0.05) is 19.7 Å². The lowest BCUT2D eigenvalue weighted by Gasteiger charge is -2.36. The molecule has 3 saturated heterocycles. The van der Waals surface area contributed by atoms with Gasteiger partial charge < -0.3 is 24.4 Å². The predicted octanol–water partition coefficient (Wildman–Crippen LogP) is 1.89. The average molecular weight is 540 g/mol. The van der Waals surface area contributed by atoms with Crippen LogP contribution in [-0.4, -0.2) is 91.7 Å². The number of ether oxygens (including phenoxy) is 2. The van der Waals surface area contributed by atoms with E-state index in [4.69, 9.17) is 14.6 Å². The van der Waals surface area contributed by atoms with Crippen molar-refractivity contribution in [2.45, 2.75) is 69.9 Å². The highest BCUT2D eigenvalue weighted by atomic mass is 16.6. The topological polar surface area (TPSA) is 127 Å². The zero-order chi connectivity index (χ0) is 27.6. The molecule has 0 saturated carbocycles. The molecule has 0 aliphatic carbocycles. The summed E-state index contributed by atoms with van der Waals surface area (Å²) in [7, 11) is 0. The molecule has 11 nitrogen and oxygen atoms in total. The van der Waals surface area contributed by atoms with Gasteiger partial charge in [0.1, 0.15) is 23.8 Å². The Morgan fingerprint density at radius 1 is 1.28 bits per heavy atom. The highest BCUT2D eigenvalue weighted by molar-refractivity contribution is 5.98. The highest BCUT2D eigenvalue weighted by Gasteiger charge is 2.75. The number of likely N-dealkylation sites (tertiary alicyclic amines) is 1. The summed E-state index contributed by atoms with van der Waals surface area (Å²) in [5.41, 5.74) is 0.433. The second-order valence-corrected chi connectivity index (χ2v) is 10.5. The summed E-state index contributed by atoms with van der Waals surface area (Å²) in [6, 6.07) is 6.65. The summed E-state index contributed by atoms with van der Waals surface area (Å²) < 4.78 is 13.5. The van der Waals surface area contributed by atoms with E-state index in [0.29, 0.717) is 32.2 Å². The number of fused-ring (bicyclic) bond motifs is 2. The van der Waals surface area contributed by atoms with Gasteiger partial charge in [-0.05, 0) is 44.7 Å². The Kier molecular flexibility index (Phi) is 7.99. The van der Waals surface area contributed by atoms with Crippen LogP contribution in [0.15, 0.2) is 36.9 Å². The van der Waals surface area contributed by atoms with Crippen LogP contribution in [-0.2, 0) is 30.5 Å². The standard InChI is InChI=1S/C28H37N5O6/c1-3-15-31(18-33-20-12-8-7-11-19(20)29-30-33)26(36)24-28-14-13-21(39-28)22(27(37)38-4-2)23(28)25(35)32(24)16-9-5-6-10-17-34/h3,7-8,11-12,21-24,34H,1,4-6,9-10,13-18H2,2H3/t21-,22+,23+,24-,28+/m0/s1. The van der Waals surface area contributed by atoms with Crippen LogP contribution in [0.1, 0.15) is 45.4 Å². The number of hydrogen-bond donors (Lipinski definition) is 1. The average Bonchev–Trinajstić information content (AvgIpc) is 3.68. The Hall–Kier alpha value is -3.31. The van der Waals surface area contributed by atoms with Crippen molar-refractivity contribution in [1.82, 2.24) is 24.8 Å². The fourth-order valence-corrected chi connectivity index (χ4v) is 6.66. The molecule has 3 aliphatic heterocycles. The van der Waals surface area contributed by atoms with Crippen LogP contribution in [0.3, 0.4) is 0 Å². The maximum absolute atomic E-state index is 14.4. The van der Waals surface area contributed by atoms with E-state index in [0.717, 1.165) is 23.9 Å². The minimum absolute atomic E-state index is 0.124. The Morgan fingerprint density at radius 2 is 2.08 bits per heavy atom. The molecule has 2 aromatic rings. The van der Waals surface area contributed by atoms with Gasteiger partial charge in [0.2, 0.25) is 11.8 Å². The number of aliphatic hydroxyl groups excluding tert-OH is 1. The lowest BCUT2D eigenvalue weighted by Crippen LogP contribution is -2.56. The Labute approximate surface area is 227 Å². The summed E-state index contributed by atoms with van der Waals surface area (Å²) in [6.45, 7) is 6.67. The number of unbranched alkanes of at least 4 members (excludes halogenated alkanes) is 3. The van der Waals surface area contributed by atoms with Gasteiger partial charge in [-0.3, -0.25) is 14.4 Å². The second-order valence-electron chi connectivity index (χ2n) is 10.5. The number of carbonyl (C=O) groups excluding carboxylic acids is 3. The number of carbonyl (C=O) groups is 3. The van der Waals surface area contributed by atoms with Crippen molar-refractivity contribution in [2.75, 3.05) is 26.3 Å². The number of aromatic nitrogens is 3. The molecule has 1 spiro atoms. The van der Waals surface area contributed by atoms with E-state index in [1.807, 2.05) is 24.3 Å². The number of esters is 1. The third kappa shape index (κ3) is 4.71. The maximum Gasteiger partial charge on any atom is 0.312 e. The summed E-state index contributed by atoms with van der Waals surface area (Å²) in [6.07, 6.45) is 5.35. The molecule has 1 aromatic heterocycles. The molecule has 4 heterocycles. The van der Waals surface area contributed by atoms with Crippen molar-refractivity contribution < 1.29 is 29.0 Å². The molecule has 1 N–H and O–H groups in total. The van der Waals surface area contributed by atoms with Gasteiger partial charge in [-0.15, -0.1) is 11.7 Å². The van der Waals surface area contributed by atoms with Crippen LogP contribution in [0.5, 0.6) is 0 Å². The molecule has 3 aliphatic rings. The van der Waals surface area contributed by atoms with E-state index in [1.165, 1.54) is 0 Å². The van der Waals surface area contributed by atoms with Crippen molar-refractivity contribution in [2.24, 2.45) is 11.8 Å². The molecule has 0 radical (unpaired) electrons. The highest BCUT2D eigenvalue weighted by Crippen LogP contribution is 2.58. The normalized spacial score (nSPS) is 27.2. The quantitative estimate of drug-likeness (QED) is 0.232. The Morgan fingerprint density at radius 3 is 2.85 bits per heavy atom. The van der Waals surface area contributed by atoms with Crippen molar-refractivity contribution in [3.05, 3.63) is 36.9 Å². The third-order valence-corrected chi connectivity index (χ3v) is 8.29. The summed E-state index contributed by atoms with van der Waals surface area (Å²) >= 11 is 0. The summed E-state index contributed by atoms with van der Waals surface area (Å²) in [5.74, 6) is -2.38. The first-order valence-electron chi connectivity index (χ1n) is 13.9. The predicted molar refractivity (Wildman–Crippen MR) is 141 cm³/mol. The van der Waals surface area contributed by atoms with Crippen LogP contribution in [0.4, 0.5) is 0 Å². The van der Waals surface area contributed by atoms with Crippen molar-refractivity contribution in [3.8, 4) is 0 Å². The smallest absolute Gasteiger partial charge is 0.312 e. The first-order valence-corrected chi connectivity index (χ1v) is 13.9. The molecule has 3 fully saturated rings. The summed E-state index contributed by atoms with van der Waals surface area (Å²) in [4.78, 5) is 44.6. The monoisotopic (exact) mass is 539 g/mol. The Bertz CT molecular complexity index is 1230. The molecule has 5 rings (SSSR count). The van der Waals surface area contributed by atoms with E-state index in [1.54, 1.807) is 27.5 Å². The third-order valence-electron chi connectivity index (χ3n) is 8.29. The minimum atomic E-state index is -1.08. The van der Waals surface area contributed by atoms with E-state index in [-0.39, 0.29) is 38.2 Å². The molecule has 39 heavy (non-hydrogen) atoms. The van der Waals surface area contributed by atoms with Gasteiger partial charge in [-0.1, -0.05) is 36.3 Å². The lowest BCUT2D eigenvalue weighted by atomic mass is 9.70. The van der Waals surface area contributed by atoms with E-state index in [9.17, 15) is 14.4 Å². The molecule has 0 unspecified atom stereocenters. The van der Waals surface area contributed by atoms with Gasteiger partial charge in [0.15, 0.2) is 0 Å². The number of aliphatic hydroxyl groups is 1. The minimum Gasteiger partial charge on any atom is -0.466 e. The number of benzene rings is 1. The molecule has 2 bridgehead atoms. The fourth-order valence-electron chi connectivity index (χ4n) is 6.66. The van der Waals surface area contributed by atoms with Crippen LogP contribution in [0, 0.1) is 11.8 Å². The second kappa shape index (κ2) is 11.4. The van der Waals surface area contributed by atoms with E-state index >= 15 is 0 Å².